The molecule has 0 aliphatic carbocycles. The molecule has 0 amide bonds. The topological polar surface area (TPSA) is 55.1 Å². The second-order valence-electron chi connectivity index (χ2n) is 4.17. The van der Waals surface area contributed by atoms with Crippen molar-refractivity contribution in [1.82, 2.24) is 9.78 Å². The predicted octanol–water partition coefficient (Wildman–Crippen LogP) is 2.29. The first-order valence-corrected chi connectivity index (χ1v) is 5.33. The number of fused-ring (bicyclic) bond motifs is 1. The van der Waals surface area contributed by atoms with E-state index in [9.17, 15) is 9.18 Å². The van der Waals surface area contributed by atoms with Gasteiger partial charge in [0.2, 0.25) is 0 Å². The zero-order valence-electron chi connectivity index (χ0n) is 9.64. The van der Waals surface area contributed by atoms with E-state index in [1.807, 2.05) is 0 Å². The van der Waals surface area contributed by atoms with Crippen molar-refractivity contribution in [1.29, 1.82) is 0 Å². The van der Waals surface area contributed by atoms with Crippen LogP contribution in [0.5, 0.6) is 0 Å². The molecule has 1 N–H and O–H groups in total. The van der Waals surface area contributed by atoms with Crippen molar-refractivity contribution in [3.8, 4) is 0 Å². The Kier molecular flexibility index (Phi) is 2.83. The van der Waals surface area contributed by atoms with E-state index in [-0.39, 0.29) is 18.2 Å². The first kappa shape index (κ1) is 11.6. The molecule has 0 aliphatic heterocycles. The smallest absolute Gasteiger partial charge is 0.304 e. The standard InChI is InChI=1S/C12H13FN2O2/c1-7(5-11(16)17)12-9-4-3-8(13)6-10(9)15(2)14-12/h3-4,6-7H,5H2,1-2H3,(H,16,17). The molecule has 1 heterocycles. The zero-order valence-corrected chi connectivity index (χ0v) is 9.64. The van der Waals surface area contributed by atoms with Gasteiger partial charge in [-0.3, -0.25) is 9.48 Å². The summed E-state index contributed by atoms with van der Waals surface area (Å²) >= 11 is 0. The van der Waals surface area contributed by atoms with Gasteiger partial charge in [0, 0.05) is 18.4 Å². The molecule has 2 aromatic rings. The van der Waals surface area contributed by atoms with E-state index < -0.39 is 5.97 Å². The molecule has 4 nitrogen and oxygen atoms in total. The molecule has 5 heteroatoms. The van der Waals surface area contributed by atoms with Gasteiger partial charge in [0.15, 0.2) is 0 Å². The van der Waals surface area contributed by atoms with Crippen LogP contribution >= 0.6 is 0 Å². The summed E-state index contributed by atoms with van der Waals surface area (Å²) < 4.78 is 14.7. The summed E-state index contributed by atoms with van der Waals surface area (Å²) in [6.45, 7) is 1.80. The van der Waals surface area contributed by atoms with Crippen LogP contribution < -0.4 is 0 Å². The van der Waals surface area contributed by atoms with E-state index in [4.69, 9.17) is 5.11 Å². The van der Waals surface area contributed by atoms with Gasteiger partial charge in [0.1, 0.15) is 5.82 Å². The van der Waals surface area contributed by atoms with E-state index >= 15 is 0 Å². The SMILES string of the molecule is CC(CC(=O)O)c1nn(C)c2cc(F)ccc12. The molecule has 17 heavy (non-hydrogen) atoms. The van der Waals surface area contributed by atoms with Crippen molar-refractivity contribution >= 4 is 16.9 Å². The summed E-state index contributed by atoms with van der Waals surface area (Å²) in [6.07, 6.45) is 0.0174. The van der Waals surface area contributed by atoms with Crippen LogP contribution in [-0.4, -0.2) is 20.9 Å². The molecule has 1 aromatic carbocycles. The summed E-state index contributed by atoms with van der Waals surface area (Å²) in [7, 11) is 1.72. The maximum absolute atomic E-state index is 13.1. The van der Waals surface area contributed by atoms with Gasteiger partial charge in [-0.05, 0) is 18.2 Å². The lowest BCUT2D eigenvalue weighted by molar-refractivity contribution is -0.137. The Morgan fingerprint density at radius 2 is 2.29 bits per heavy atom. The number of aliphatic carboxylic acids is 1. The number of rotatable bonds is 3. The van der Waals surface area contributed by atoms with Crippen LogP contribution in [-0.2, 0) is 11.8 Å². The number of hydrogen-bond donors (Lipinski definition) is 1. The lowest BCUT2D eigenvalue weighted by Gasteiger charge is -2.04. The molecule has 1 unspecified atom stereocenters. The van der Waals surface area contributed by atoms with Crippen LogP contribution in [0.1, 0.15) is 25.0 Å². The molecule has 0 aliphatic rings. The molecule has 0 spiro atoms. The fraction of sp³-hybridized carbons (Fsp3) is 0.333. The molecule has 1 aromatic heterocycles. The lowest BCUT2D eigenvalue weighted by Crippen LogP contribution is -2.04. The monoisotopic (exact) mass is 236 g/mol. The van der Waals surface area contributed by atoms with E-state index in [0.29, 0.717) is 11.2 Å². The number of aromatic nitrogens is 2. The highest BCUT2D eigenvalue weighted by atomic mass is 19.1. The number of carbonyl (C=O) groups is 1. The van der Waals surface area contributed by atoms with Gasteiger partial charge in [0.25, 0.3) is 0 Å². The third kappa shape index (κ3) is 2.13. The highest BCUT2D eigenvalue weighted by Crippen LogP contribution is 2.27. The van der Waals surface area contributed by atoms with Crippen LogP contribution in [0, 0.1) is 5.82 Å². The number of hydrogen-bond acceptors (Lipinski definition) is 2. The van der Waals surface area contributed by atoms with Crippen molar-refractivity contribution < 1.29 is 14.3 Å². The second kappa shape index (κ2) is 4.16. The molecular formula is C12H13FN2O2. The van der Waals surface area contributed by atoms with Gasteiger partial charge in [-0.2, -0.15) is 5.10 Å². The minimum atomic E-state index is -0.863. The van der Waals surface area contributed by atoms with Gasteiger partial charge >= 0.3 is 5.97 Å². The highest BCUT2D eigenvalue weighted by Gasteiger charge is 2.17. The number of nitrogens with zero attached hydrogens (tertiary/aromatic N) is 2. The molecule has 0 fully saturated rings. The van der Waals surface area contributed by atoms with Gasteiger partial charge in [0.05, 0.1) is 17.6 Å². The van der Waals surface area contributed by atoms with Crippen LogP contribution in [0.25, 0.3) is 10.9 Å². The first-order valence-electron chi connectivity index (χ1n) is 5.33. The summed E-state index contributed by atoms with van der Waals surface area (Å²) in [5.74, 6) is -1.38. The van der Waals surface area contributed by atoms with E-state index in [1.54, 1.807) is 24.7 Å². The van der Waals surface area contributed by atoms with Crippen molar-refractivity contribution in [3.63, 3.8) is 0 Å². The van der Waals surface area contributed by atoms with Crippen LogP contribution in [0.2, 0.25) is 0 Å². The molecule has 90 valence electrons. The summed E-state index contributed by atoms with van der Waals surface area (Å²) in [5, 5.41) is 13.9. The summed E-state index contributed by atoms with van der Waals surface area (Å²) in [6, 6.07) is 4.41. The first-order chi connectivity index (χ1) is 7.99. The Hall–Kier alpha value is -1.91. The summed E-state index contributed by atoms with van der Waals surface area (Å²) in [5.41, 5.74) is 1.38. The minimum absolute atomic E-state index is 0.0174. The summed E-state index contributed by atoms with van der Waals surface area (Å²) in [4.78, 5) is 10.7. The number of carboxylic acids is 1. The van der Waals surface area contributed by atoms with E-state index in [2.05, 4.69) is 5.10 Å². The molecule has 0 saturated heterocycles. The largest absolute Gasteiger partial charge is 0.481 e. The second-order valence-corrected chi connectivity index (χ2v) is 4.17. The Bertz CT molecular complexity index is 577. The maximum atomic E-state index is 13.1. The van der Waals surface area contributed by atoms with Crippen LogP contribution in [0.3, 0.4) is 0 Å². The third-order valence-corrected chi connectivity index (χ3v) is 2.79. The minimum Gasteiger partial charge on any atom is -0.481 e. The molecule has 0 radical (unpaired) electrons. The highest BCUT2D eigenvalue weighted by molar-refractivity contribution is 5.83. The average molecular weight is 236 g/mol. The van der Waals surface area contributed by atoms with E-state index in [0.717, 1.165) is 5.39 Å². The number of carboxylic acid groups (broad SMARTS) is 1. The number of benzene rings is 1. The molecule has 1 atom stereocenters. The van der Waals surface area contributed by atoms with Crippen LogP contribution in [0.4, 0.5) is 4.39 Å². The van der Waals surface area contributed by atoms with Gasteiger partial charge in [-0.1, -0.05) is 6.92 Å². The molecule has 0 saturated carbocycles. The molecular weight excluding hydrogens is 223 g/mol. The fourth-order valence-electron chi connectivity index (χ4n) is 1.98. The normalized spacial score (nSPS) is 12.9. The van der Waals surface area contributed by atoms with Gasteiger partial charge < -0.3 is 5.11 Å². The van der Waals surface area contributed by atoms with E-state index in [1.165, 1.54) is 12.1 Å². The van der Waals surface area contributed by atoms with Gasteiger partial charge in [-0.25, -0.2) is 4.39 Å². The van der Waals surface area contributed by atoms with Crippen molar-refractivity contribution in [2.45, 2.75) is 19.3 Å². The van der Waals surface area contributed by atoms with Crippen LogP contribution in [0.15, 0.2) is 18.2 Å². The Balaban J connectivity index is 2.51. The number of aryl methyl sites for hydroxylation is 1. The average Bonchev–Trinajstić information content (AvgIpc) is 2.55. The fourth-order valence-corrected chi connectivity index (χ4v) is 1.98. The van der Waals surface area contributed by atoms with Crippen molar-refractivity contribution in [2.24, 2.45) is 7.05 Å². The van der Waals surface area contributed by atoms with Crippen molar-refractivity contribution in [2.75, 3.05) is 0 Å². The quantitative estimate of drug-likeness (QED) is 0.889. The molecule has 0 bridgehead atoms. The van der Waals surface area contributed by atoms with Gasteiger partial charge in [-0.15, -0.1) is 0 Å². The van der Waals surface area contributed by atoms with Crippen molar-refractivity contribution in [3.05, 3.63) is 29.7 Å². The Morgan fingerprint density at radius 1 is 1.59 bits per heavy atom. The lowest BCUT2D eigenvalue weighted by atomic mass is 10.0. The molecule has 2 rings (SSSR count). The Labute approximate surface area is 97.7 Å². The maximum Gasteiger partial charge on any atom is 0.304 e. The predicted molar refractivity (Wildman–Crippen MR) is 61.3 cm³/mol. The zero-order chi connectivity index (χ0) is 12.6. The number of halogens is 1. The third-order valence-electron chi connectivity index (χ3n) is 2.79. The Morgan fingerprint density at radius 3 is 2.94 bits per heavy atom.